The first-order valence-electron chi connectivity index (χ1n) is 4.64. The molecule has 0 aromatic carbocycles. The minimum absolute atomic E-state index is 0. The van der Waals surface area contributed by atoms with Crippen molar-refractivity contribution in [1.82, 2.24) is 0 Å². The Bertz CT molecular complexity index is 247. The van der Waals surface area contributed by atoms with Gasteiger partial charge in [-0.2, -0.15) is 8.42 Å². The molecule has 0 aromatic rings. The SMILES string of the molecule is CCC1CCC(S(=O)(=O)OF)CC1.[K+]. The number of hydrogen-bond acceptors (Lipinski definition) is 3. The first-order chi connectivity index (χ1) is 6.10. The molecule has 0 bridgehead atoms. The van der Waals surface area contributed by atoms with Gasteiger partial charge in [0.2, 0.25) is 0 Å². The largest absolute Gasteiger partial charge is 1.00 e. The average molecular weight is 249 g/mol. The van der Waals surface area contributed by atoms with Gasteiger partial charge in [-0.05, 0) is 36.1 Å². The van der Waals surface area contributed by atoms with Crippen molar-refractivity contribution < 1.29 is 68.7 Å². The summed E-state index contributed by atoms with van der Waals surface area (Å²) in [5, 5.41) is -0.625. The van der Waals surface area contributed by atoms with Gasteiger partial charge < -0.3 is 0 Å². The number of rotatable bonds is 3. The van der Waals surface area contributed by atoms with Crippen LogP contribution in [0.4, 0.5) is 4.53 Å². The molecule has 78 valence electrons. The predicted molar refractivity (Wildman–Crippen MR) is 47.1 cm³/mol. The van der Waals surface area contributed by atoms with Crippen LogP contribution in [0.1, 0.15) is 39.0 Å². The Morgan fingerprint density at radius 3 is 2.14 bits per heavy atom. The molecule has 0 aliphatic heterocycles. The second-order valence-corrected chi connectivity index (χ2v) is 5.39. The molecule has 0 spiro atoms. The third kappa shape index (κ3) is 4.15. The summed E-state index contributed by atoms with van der Waals surface area (Å²) < 4.78 is 36.6. The average Bonchev–Trinajstić information content (AvgIpc) is 2.18. The topological polar surface area (TPSA) is 43.4 Å². The summed E-state index contributed by atoms with van der Waals surface area (Å²) in [6, 6.07) is 0. The fourth-order valence-corrected chi connectivity index (χ4v) is 2.83. The predicted octanol–water partition coefficient (Wildman–Crippen LogP) is -0.810. The van der Waals surface area contributed by atoms with Crippen molar-refractivity contribution in [2.75, 3.05) is 0 Å². The molecule has 1 rings (SSSR count). The zero-order valence-corrected chi connectivity index (χ0v) is 12.6. The fourth-order valence-electron chi connectivity index (χ4n) is 1.88. The van der Waals surface area contributed by atoms with E-state index in [9.17, 15) is 12.9 Å². The Balaban J connectivity index is 0.00000169. The number of halogens is 1. The van der Waals surface area contributed by atoms with Crippen LogP contribution >= 0.6 is 0 Å². The second kappa shape index (κ2) is 6.93. The first kappa shape index (κ1) is 15.5. The molecule has 0 aromatic heterocycles. The standard InChI is InChI=1S/C8H15FO3S.K/c1-2-7-3-5-8(6-4-7)13(10,11)12-9;/h7-8H,2-6H2,1H3;/q;+1. The maximum Gasteiger partial charge on any atom is 1.00 e. The third-order valence-corrected chi connectivity index (χ3v) is 4.33. The van der Waals surface area contributed by atoms with E-state index in [1.165, 1.54) is 0 Å². The summed E-state index contributed by atoms with van der Waals surface area (Å²) in [7, 11) is -3.92. The molecule has 0 heterocycles. The van der Waals surface area contributed by atoms with Crippen LogP contribution in [-0.4, -0.2) is 13.7 Å². The molecule has 14 heavy (non-hydrogen) atoms. The smallest absolute Gasteiger partial charge is 0.197 e. The van der Waals surface area contributed by atoms with E-state index in [0.29, 0.717) is 18.8 Å². The van der Waals surface area contributed by atoms with Crippen molar-refractivity contribution in [3.63, 3.8) is 0 Å². The maximum atomic E-state index is 11.6. The van der Waals surface area contributed by atoms with Crippen molar-refractivity contribution in [2.24, 2.45) is 5.92 Å². The van der Waals surface area contributed by atoms with Crippen molar-refractivity contribution in [3.8, 4) is 0 Å². The van der Waals surface area contributed by atoms with E-state index in [1.54, 1.807) is 0 Å². The van der Waals surface area contributed by atoms with Crippen LogP contribution in [0, 0.1) is 5.92 Å². The molecule has 0 radical (unpaired) electrons. The van der Waals surface area contributed by atoms with E-state index in [2.05, 4.69) is 11.3 Å². The van der Waals surface area contributed by atoms with Crippen molar-refractivity contribution in [1.29, 1.82) is 0 Å². The van der Waals surface area contributed by atoms with Gasteiger partial charge in [0.25, 0.3) is 0 Å². The minimum atomic E-state index is -3.92. The maximum absolute atomic E-state index is 11.6. The Morgan fingerprint density at radius 1 is 1.29 bits per heavy atom. The molecule has 1 fully saturated rings. The Morgan fingerprint density at radius 2 is 1.79 bits per heavy atom. The molecule has 0 saturated heterocycles. The van der Waals surface area contributed by atoms with E-state index in [4.69, 9.17) is 0 Å². The van der Waals surface area contributed by atoms with Crippen molar-refractivity contribution in [3.05, 3.63) is 0 Å². The Labute approximate surface area is 127 Å². The summed E-state index contributed by atoms with van der Waals surface area (Å²) >= 11 is 0. The monoisotopic (exact) mass is 249 g/mol. The van der Waals surface area contributed by atoms with Gasteiger partial charge >= 0.3 is 61.5 Å². The van der Waals surface area contributed by atoms with Crippen LogP contribution in [0.2, 0.25) is 0 Å². The molecule has 0 atom stereocenters. The van der Waals surface area contributed by atoms with Gasteiger partial charge in [0.05, 0.1) is 5.25 Å². The summed E-state index contributed by atoms with van der Waals surface area (Å²) in [4.78, 5) is 0. The summed E-state index contributed by atoms with van der Waals surface area (Å²) in [6.45, 7) is 2.09. The van der Waals surface area contributed by atoms with Gasteiger partial charge in [0.1, 0.15) is 0 Å². The van der Waals surface area contributed by atoms with Gasteiger partial charge in [0.15, 0.2) is 0 Å². The van der Waals surface area contributed by atoms with E-state index >= 15 is 0 Å². The Kier molecular flexibility index (Phi) is 7.66. The second-order valence-electron chi connectivity index (χ2n) is 3.61. The quantitative estimate of drug-likeness (QED) is 0.615. The molecule has 1 saturated carbocycles. The molecule has 0 unspecified atom stereocenters. The summed E-state index contributed by atoms with van der Waals surface area (Å²) in [5.41, 5.74) is 0. The van der Waals surface area contributed by atoms with Gasteiger partial charge in [-0.25, -0.2) is 0 Å². The normalized spacial score (nSPS) is 28.1. The van der Waals surface area contributed by atoms with Crippen molar-refractivity contribution in [2.45, 2.75) is 44.3 Å². The molecule has 0 N–H and O–H groups in total. The van der Waals surface area contributed by atoms with Gasteiger partial charge in [-0.3, -0.25) is 0 Å². The Hall–Kier alpha value is 1.48. The van der Waals surface area contributed by atoms with Gasteiger partial charge in [0, 0.05) is 0 Å². The molecule has 1 aliphatic carbocycles. The first-order valence-corrected chi connectivity index (χ1v) is 6.11. The third-order valence-electron chi connectivity index (χ3n) is 2.87. The van der Waals surface area contributed by atoms with Gasteiger partial charge in [-0.1, -0.05) is 17.7 Å². The van der Waals surface area contributed by atoms with Crippen LogP contribution in [0.5, 0.6) is 0 Å². The molecule has 0 amide bonds. The van der Waals surface area contributed by atoms with Crippen LogP contribution in [0.15, 0.2) is 0 Å². The van der Waals surface area contributed by atoms with E-state index in [-0.39, 0.29) is 51.4 Å². The van der Waals surface area contributed by atoms with Gasteiger partial charge in [-0.15, -0.1) is 0 Å². The molecule has 1 aliphatic rings. The molecular formula is C8H15FKO3S+. The number of hydrogen-bond donors (Lipinski definition) is 0. The van der Waals surface area contributed by atoms with E-state index < -0.39 is 15.4 Å². The molecule has 3 nitrogen and oxygen atoms in total. The zero-order chi connectivity index (χ0) is 9.90. The summed E-state index contributed by atoms with van der Waals surface area (Å²) in [6.07, 6.45) is 3.87. The van der Waals surface area contributed by atoms with Crippen molar-refractivity contribution >= 4 is 10.1 Å². The van der Waals surface area contributed by atoms with Crippen LogP contribution < -0.4 is 51.4 Å². The molecule has 6 heteroatoms. The van der Waals surface area contributed by atoms with Crippen LogP contribution in [-0.2, 0) is 14.5 Å². The van der Waals surface area contributed by atoms with E-state index in [0.717, 1.165) is 19.3 Å². The minimum Gasteiger partial charge on any atom is -0.197 e. The van der Waals surface area contributed by atoms with E-state index in [1.807, 2.05) is 0 Å². The fraction of sp³-hybridized carbons (Fsp3) is 1.00. The molecular weight excluding hydrogens is 234 g/mol. The van der Waals surface area contributed by atoms with Crippen LogP contribution in [0.3, 0.4) is 0 Å². The zero-order valence-electron chi connectivity index (χ0n) is 8.70. The van der Waals surface area contributed by atoms with Crippen LogP contribution in [0.25, 0.3) is 0 Å². The summed E-state index contributed by atoms with van der Waals surface area (Å²) in [5.74, 6) is 0.603.